The molecule has 11 heteroatoms. The van der Waals surface area contributed by atoms with Gasteiger partial charge in [-0.1, -0.05) is 49.2 Å². The fourth-order valence-corrected chi connectivity index (χ4v) is 10.2. The second-order valence-corrected chi connectivity index (χ2v) is 15.2. The number of carbonyl (C=O) groups excluding carboxylic acids is 2. The van der Waals surface area contributed by atoms with E-state index in [1.807, 2.05) is 11.9 Å². The lowest BCUT2D eigenvalue weighted by Gasteiger charge is -2.61. The number of aromatic nitrogens is 1. The third-order valence-corrected chi connectivity index (χ3v) is 12.2. The Balaban J connectivity index is 1.39. The molecule has 4 aliphatic carbocycles. The molecule has 3 N–H and O–H groups in total. The van der Waals surface area contributed by atoms with Gasteiger partial charge in [-0.05, 0) is 81.5 Å². The molecule has 3 heterocycles. The van der Waals surface area contributed by atoms with Crippen LogP contribution in [0.4, 0.5) is 10.1 Å². The van der Waals surface area contributed by atoms with E-state index >= 15 is 4.39 Å². The number of benzene rings is 1. The molecule has 2 aliphatic heterocycles. The summed E-state index contributed by atoms with van der Waals surface area (Å²) in [5.41, 5.74) is -2.26. The Hall–Kier alpha value is -2.75. The van der Waals surface area contributed by atoms with Crippen molar-refractivity contribution in [2.45, 2.75) is 93.7 Å². The second-order valence-electron chi connectivity index (χ2n) is 14.4. The highest BCUT2D eigenvalue weighted by Gasteiger charge is 2.79. The van der Waals surface area contributed by atoms with E-state index in [1.54, 1.807) is 24.4 Å². The van der Waals surface area contributed by atoms with Crippen LogP contribution in [0.5, 0.6) is 0 Å². The number of rotatable bonds is 4. The molecule has 228 valence electrons. The number of hydrogen-bond donors (Lipinski definition) is 3. The minimum atomic E-state index is -1.35. The molecule has 0 radical (unpaired) electrons. The zero-order chi connectivity index (χ0) is 30.7. The molecule has 43 heavy (non-hydrogen) atoms. The van der Waals surface area contributed by atoms with Crippen LogP contribution >= 0.6 is 23.2 Å². The van der Waals surface area contributed by atoms with Gasteiger partial charge in [0.1, 0.15) is 16.4 Å². The number of likely N-dealkylation sites (N-methyl/N-ethyl adjacent to an activating group) is 1. The quantitative estimate of drug-likeness (QED) is 0.376. The van der Waals surface area contributed by atoms with Crippen molar-refractivity contribution in [2.75, 3.05) is 12.4 Å². The number of hydrogen-bond acceptors (Lipinski definition) is 5. The summed E-state index contributed by atoms with van der Waals surface area (Å²) in [6.07, 6.45) is 5.98. The van der Waals surface area contributed by atoms with Crippen molar-refractivity contribution < 1.29 is 23.9 Å². The summed E-state index contributed by atoms with van der Waals surface area (Å²) >= 11 is 12.6. The van der Waals surface area contributed by atoms with Crippen molar-refractivity contribution in [3.05, 3.63) is 57.6 Å². The third kappa shape index (κ3) is 3.70. The summed E-state index contributed by atoms with van der Waals surface area (Å²) in [4.78, 5) is 47.7. The van der Waals surface area contributed by atoms with Crippen molar-refractivity contribution in [1.82, 2.24) is 15.2 Å². The van der Waals surface area contributed by atoms with Crippen LogP contribution in [0.2, 0.25) is 10.2 Å². The zero-order valence-electron chi connectivity index (χ0n) is 24.4. The first-order chi connectivity index (χ1) is 20.2. The first kappa shape index (κ1) is 29.0. The number of likely N-dealkylation sites (tertiary alicyclic amines) is 1. The molecule has 5 fully saturated rings. The SMILES string of the molecule is CN1C(C(=O)NC23CCC(C(=O)O)(CC2)CC3)C(c2cccc(Cl)c2F)C2(C(=O)Nc3cc(Cl)ncc32)C12CC(C)(C)C2. The molecule has 2 aromatic rings. The Kier molecular flexibility index (Phi) is 6.16. The number of carbonyl (C=O) groups is 3. The Morgan fingerprint density at radius 2 is 1.77 bits per heavy atom. The van der Waals surface area contributed by atoms with Crippen LogP contribution in [0, 0.1) is 16.6 Å². The maximum Gasteiger partial charge on any atom is 0.309 e. The van der Waals surface area contributed by atoms with Crippen LogP contribution in [0.25, 0.3) is 0 Å². The number of aliphatic carboxylic acids is 1. The Labute approximate surface area is 259 Å². The highest BCUT2D eigenvalue weighted by Crippen LogP contribution is 2.71. The lowest BCUT2D eigenvalue weighted by molar-refractivity contribution is -0.157. The summed E-state index contributed by atoms with van der Waals surface area (Å²) in [6, 6.07) is 5.43. The molecule has 6 aliphatic rings. The van der Waals surface area contributed by atoms with Crippen LogP contribution in [-0.4, -0.2) is 56.9 Å². The van der Waals surface area contributed by atoms with Crippen LogP contribution in [0.1, 0.15) is 82.3 Å². The van der Waals surface area contributed by atoms with Gasteiger partial charge in [0.15, 0.2) is 0 Å². The predicted molar refractivity (Wildman–Crippen MR) is 160 cm³/mol. The van der Waals surface area contributed by atoms with E-state index < -0.39 is 45.7 Å². The minimum absolute atomic E-state index is 0.0830. The summed E-state index contributed by atoms with van der Waals surface area (Å²) in [5.74, 6) is -2.96. The molecule has 2 amide bonds. The topological polar surface area (TPSA) is 112 Å². The largest absolute Gasteiger partial charge is 0.481 e. The monoisotopic (exact) mass is 628 g/mol. The lowest BCUT2D eigenvalue weighted by Crippen LogP contribution is -2.68. The number of amides is 2. The Morgan fingerprint density at radius 3 is 2.37 bits per heavy atom. The minimum Gasteiger partial charge on any atom is -0.481 e. The highest BCUT2D eigenvalue weighted by molar-refractivity contribution is 6.31. The molecular formula is C32H35Cl2FN4O4. The highest BCUT2D eigenvalue weighted by atomic mass is 35.5. The number of anilines is 1. The third-order valence-electron chi connectivity index (χ3n) is 11.7. The van der Waals surface area contributed by atoms with Gasteiger partial charge in [0.2, 0.25) is 11.8 Å². The van der Waals surface area contributed by atoms with Gasteiger partial charge in [0.25, 0.3) is 0 Å². The molecule has 8 rings (SSSR count). The van der Waals surface area contributed by atoms with Crippen molar-refractivity contribution in [2.24, 2.45) is 10.8 Å². The molecular weight excluding hydrogens is 594 g/mol. The molecule has 1 saturated heterocycles. The maximum atomic E-state index is 16.2. The molecule has 4 saturated carbocycles. The summed E-state index contributed by atoms with van der Waals surface area (Å²) in [6.45, 7) is 4.27. The van der Waals surface area contributed by atoms with E-state index in [4.69, 9.17) is 23.2 Å². The zero-order valence-corrected chi connectivity index (χ0v) is 25.9. The van der Waals surface area contributed by atoms with E-state index in [-0.39, 0.29) is 33.0 Å². The standard InChI is InChI=1S/C32H35Cl2FN4O4/c1-28(2)15-31(16-28)32(18-14-36-21(34)13-20(18)37-26(32)41)22(17-5-4-6-19(33)23(17)35)24(39(31)3)25(40)38-30-10-7-29(8-11-30,9-12-30)27(42)43/h4-6,13-14,22,24H,7-12,15-16H2,1-3H3,(H,37,41)(H,38,40)(H,42,43). The molecule has 3 atom stereocenters. The number of nitrogens with one attached hydrogen (secondary N) is 2. The molecule has 1 aromatic carbocycles. The number of carboxylic acids is 1. The van der Waals surface area contributed by atoms with Gasteiger partial charge in [-0.15, -0.1) is 0 Å². The van der Waals surface area contributed by atoms with E-state index in [2.05, 4.69) is 29.5 Å². The fourth-order valence-electron chi connectivity index (χ4n) is 9.84. The molecule has 8 nitrogen and oxygen atoms in total. The van der Waals surface area contributed by atoms with Crippen LogP contribution < -0.4 is 10.6 Å². The maximum absolute atomic E-state index is 16.2. The summed E-state index contributed by atoms with van der Waals surface area (Å²) in [5, 5.41) is 16.4. The van der Waals surface area contributed by atoms with Crippen molar-refractivity contribution in [1.29, 1.82) is 0 Å². The Morgan fingerprint density at radius 1 is 1.12 bits per heavy atom. The number of halogens is 3. The summed E-state index contributed by atoms with van der Waals surface area (Å²) in [7, 11) is 1.87. The van der Waals surface area contributed by atoms with E-state index in [9.17, 15) is 19.5 Å². The normalized spacial score (nSPS) is 35.1. The average molecular weight is 630 g/mol. The number of carboxylic acid groups (broad SMARTS) is 1. The van der Waals surface area contributed by atoms with Crippen LogP contribution in [-0.2, 0) is 19.8 Å². The first-order valence-electron chi connectivity index (χ1n) is 14.9. The number of nitrogens with zero attached hydrogens (tertiary/aromatic N) is 2. The number of pyridine rings is 1. The molecule has 2 spiro atoms. The molecule has 3 unspecified atom stereocenters. The van der Waals surface area contributed by atoms with Crippen LogP contribution in [0.15, 0.2) is 30.5 Å². The predicted octanol–water partition coefficient (Wildman–Crippen LogP) is 5.67. The van der Waals surface area contributed by atoms with Gasteiger partial charge < -0.3 is 15.7 Å². The van der Waals surface area contributed by atoms with Crippen molar-refractivity contribution in [3.63, 3.8) is 0 Å². The lowest BCUT2D eigenvalue weighted by atomic mass is 9.46. The van der Waals surface area contributed by atoms with Crippen molar-refractivity contribution in [3.8, 4) is 0 Å². The van der Waals surface area contributed by atoms with Gasteiger partial charge in [0, 0.05) is 34.4 Å². The fraction of sp³-hybridized carbons (Fsp3) is 0.562. The van der Waals surface area contributed by atoms with Crippen molar-refractivity contribution >= 4 is 46.7 Å². The van der Waals surface area contributed by atoms with Crippen LogP contribution in [0.3, 0.4) is 0 Å². The van der Waals surface area contributed by atoms with E-state index in [0.29, 0.717) is 62.6 Å². The van der Waals surface area contributed by atoms with E-state index in [0.717, 1.165) is 0 Å². The first-order valence-corrected chi connectivity index (χ1v) is 15.7. The average Bonchev–Trinajstić information content (AvgIpc) is 3.35. The second kappa shape index (κ2) is 9.14. The Bertz CT molecular complexity index is 1560. The van der Waals surface area contributed by atoms with Gasteiger partial charge in [-0.2, -0.15) is 0 Å². The summed E-state index contributed by atoms with van der Waals surface area (Å²) < 4.78 is 16.2. The van der Waals surface area contributed by atoms with E-state index in [1.165, 1.54) is 6.07 Å². The van der Waals surface area contributed by atoms with Gasteiger partial charge in [-0.3, -0.25) is 19.3 Å². The smallest absolute Gasteiger partial charge is 0.309 e. The van der Waals surface area contributed by atoms with Gasteiger partial charge in [0.05, 0.1) is 16.5 Å². The van der Waals surface area contributed by atoms with Gasteiger partial charge in [-0.25, -0.2) is 9.37 Å². The number of fused-ring (bicyclic) bond motifs is 6. The molecule has 2 bridgehead atoms. The van der Waals surface area contributed by atoms with Gasteiger partial charge >= 0.3 is 5.97 Å². The molecule has 1 aromatic heterocycles.